The van der Waals surface area contributed by atoms with Crippen molar-refractivity contribution in [3.05, 3.63) is 107 Å². The Bertz CT molecular complexity index is 1490. The number of unbranched alkanes of at least 4 members (excludes halogenated alkanes) is 3. The van der Waals surface area contributed by atoms with Crippen LogP contribution in [0.1, 0.15) is 84.3 Å². The van der Waals surface area contributed by atoms with Gasteiger partial charge in [-0.3, -0.25) is 4.79 Å². The summed E-state index contributed by atoms with van der Waals surface area (Å²) in [6, 6.07) is 17.3. The van der Waals surface area contributed by atoms with E-state index in [-0.39, 0.29) is 16.7 Å². The number of primary amides is 1. The Labute approximate surface area is 258 Å². The van der Waals surface area contributed by atoms with Gasteiger partial charge in [0.15, 0.2) is 5.71 Å². The van der Waals surface area contributed by atoms with E-state index in [1.807, 2.05) is 0 Å². The first-order valence-electron chi connectivity index (χ1n) is 15.7. The number of benzene rings is 2. The van der Waals surface area contributed by atoms with Gasteiger partial charge in [-0.25, -0.2) is 0 Å². The van der Waals surface area contributed by atoms with Crippen LogP contribution in [0, 0.1) is 0 Å². The molecule has 2 aromatic carbocycles. The maximum absolute atomic E-state index is 11.2. The molecular formula is C38H48N3O2+. The number of carbonyl (C=O) groups excluding carboxylic acids is 2. The van der Waals surface area contributed by atoms with Crippen molar-refractivity contribution in [3.63, 3.8) is 0 Å². The highest BCUT2D eigenvalue weighted by Gasteiger charge is 2.43. The van der Waals surface area contributed by atoms with Gasteiger partial charge in [0.05, 0.1) is 5.41 Å². The Kier molecular flexibility index (Phi) is 10.4. The van der Waals surface area contributed by atoms with Crippen molar-refractivity contribution in [1.82, 2.24) is 0 Å². The molecule has 0 bridgehead atoms. The van der Waals surface area contributed by atoms with E-state index in [1.54, 1.807) is 0 Å². The first-order chi connectivity index (χ1) is 20.6. The van der Waals surface area contributed by atoms with Crippen molar-refractivity contribution in [2.24, 2.45) is 5.73 Å². The molecule has 0 fully saturated rings. The average molecular weight is 579 g/mol. The Morgan fingerprint density at radius 2 is 1.63 bits per heavy atom. The molecule has 1 amide bonds. The van der Waals surface area contributed by atoms with Crippen molar-refractivity contribution >= 4 is 29.3 Å². The van der Waals surface area contributed by atoms with Gasteiger partial charge in [-0.2, -0.15) is 4.58 Å². The highest BCUT2D eigenvalue weighted by atomic mass is 16.1. The molecule has 43 heavy (non-hydrogen) atoms. The predicted molar refractivity (Wildman–Crippen MR) is 179 cm³/mol. The van der Waals surface area contributed by atoms with E-state index in [0.717, 1.165) is 45.1 Å². The normalized spacial score (nSPS) is 18.2. The van der Waals surface area contributed by atoms with Crippen LogP contribution >= 0.6 is 0 Å². The summed E-state index contributed by atoms with van der Waals surface area (Å²) >= 11 is 0. The van der Waals surface area contributed by atoms with Gasteiger partial charge >= 0.3 is 0 Å². The minimum Gasteiger partial charge on any atom is -0.370 e. The number of allylic oxidation sites excluding steroid dienone is 8. The summed E-state index contributed by atoms with van der Waals surface area (Å²) in [7, 11) is 0. The second-order valence-electron chi connectivity index (χ2n) is 12.7. The molecule has 226 valence electrons. The summed E-state index contributed by atoms with van der Waals surface area (Å²) in [5, 5.41) is 0. The molecule has 2 heterocycles. The monoisotopic (exact) mass is 578 g/mol. The van der Waals surface area contributed by atoms with Crippen LogP contribution in [-0.4, -0.2) is 35.6 Å². The molecule has 0 saturated heterocycles. The summed E-state index contributed by atoms with van der Waals surface area (Å²) in [5.74, 6) is -0.237. The van der Waals surface area contributed by atoms with Gasteiger partial charge in [0.2, 0.25) is 11.6 Å². The van der Waals surface area contributed by atoms with Gasteiger partial charge < -0.3 is 15.4 Å². The fourth-order valence-corrected chi connectivity index (χ4v) is 6.47. The fraction of sp³-hybridized carbons (Fsp3) is 0.395. The molecule has 2 N–H and O–H groups in total. The van der Waals surface area contributed by atoms with Gasteiger partial charge in [-0.1, -0.05) is 80.1 Å². The molecule has 0 aromatic heterocycles. The molecular weight excluding hydrogens is 530 g/mol. The van der Waals surface area contributed by atoms with Crippen LogP contribution in [-0.2, 0) is 20.4 Å². The van der Waals surface area contributed by atoms with E-state index in [2.05, 4.69) is 129 Å². The zero-order valence-corrected chi connectivity index (χ0v) is 26.6. The van der Waals surface area contributed by atoms with E-state index in [0.29, 0.717) is 12.8 Å². The number of rotatable bonds is 14. The minimum atomic E-state index is -0.237. The Morgan fingerprint density at radius 3 is 2.37 bits per heavy atom. The Balaban J connectivity index is 1.53. The molecule has 0 saturated carbocycles. The summed E-state index contributed by atoms with van der Waals surface area (Å²) in [5.41, 5.74) is 14.1. The lowest BCUT2D eigenvalue weighted by atomic mass is 9.81. The highest BCUT2D eigenvalue weighted by Crippen LogP contribution is 2.47. The van der Waals surface area contributed by atoms with Crippen molar-refractivity contribution in [2.75, 3.05) is 18.0 Å². The number of nitrogens with two attached hydrogens (primary N) is 1. The van der Waals surface area contributed by atoms with Crippen molar-refractivity contribution < 1.29 is 14.2 Å². The number of nitrogens with zero attached hydrogens (tertiary/aromatic N) is 2. The largest absolute Gasteiger partial charge is 0.370 e. The number of para-hydroxylation sites is 2. The first kappa shape index (κ1) is 31.9. The zero-order valence-electron chi connectivity index (χ0n) is 26.6. The van der Waals surface area contributed by atoms with Crippen molar-refractivity contribution in [3.8, 4) is 0 Å². The average Bonchev–Trinajstić information content (AvgIpc) is 3.32. The van der Waals surface area contributed by atoms with Crippen LogP contribution in [0.5, 0.6) is 0 Å². The lowest BCUT2D eigenvalue weighted by Crippen LogP contribution is -2.27. The fourth-order valence-electron chi connectivity index (χ4n) is 6.47. The zero-order chi connectivity index (χ0) is 31.0. The summed E-state index contributed by atoms with van der Waals surface area (Å²) in [6.45, 7) is 13.0. The maximum atomic E-state index is 11.2. The predicted octanol–water partition coefficient (Wildman–Crippen LogP) is 7.83. The quantitative estimate of drug-likeness (QED) is 0.108. The number of amides is 1. The number of hydrogen-bond acceptors (Lipinski definition) is 3. The van der Waals surface area contributed by atoms with Crippen LogP contribution in [0.15, 0.2) is 96.3 Å². The van der Waals surface area contributed by atoms with Crippen LogP contribution in [0.3, 0.4) is 0 Å². The van der Waals surface area contributed by atoms with E-state index in [4.69, 9.17) is 5.73 Å². The van der Waals surface area contributed by atoms with Crippen molar-refractivity contribution in [1.29, 1.82) is 0 Å². The SMILES string of the molecule is CC(/C=C/C=C1/N(CCCCC(N)=O)c2ccccc2C1(C)C)=C\C=C\C1=[N+](CCCCC=O)c2ccccc2C1(C)C. The molecule has 2 aliphatic heterocycles. The Morgan fingerprint density at radius 1 is 0.907 bits per heavy atom. The third kappa shape index (κ3) is 7.15. The standard InChI is InChI=1S/C38H47N3O2/c1-29(17-15-23-34-37(2,3)30-19-7-9-21-32(30)40(34)26-12-6-14-28-42)18-16-24-35-38(4,5)31-20-8-10-22-33(31)41(35)27-13-11-25-36(39)43/h7-10,15-24,28H,6,11-14,25-27H2,1-5H3,(H-,39,43)/p+1. The number of aldehydes is 1. The third-order valence-electron chi connectivity index (χ3n) is 8.83. The molecule has 0 unspecified atom stereocenters. The molecule has 5 heteroatoms. The van der Waals surface area contributed by atoms with E-state index in [1.165, 1.54) is 39.5 Å². The molecule has 2 aromatic rings. The van der Waals surface area contributed by atoms with Gasteiger partial charge in [-0.15, -0.1) is 0 Å². The van der Waals surface area contributed by atoms with Crippen LogP contribution < -0.4 is 10.6 Å². The van der Waals surface area contributed by atoms with E-state index >= 15 is 0 Å². The van der Waals surface area contributed by atoms with Gasteiger partial charge in [0, 0.05) is 60.3 Å². The van der Waals surface area contributed by atoms with Gasteiger partial charge in [0.25, 0.3) is 0 Å². The smallest absolute Gasteiger partial charge is 0.217 e. The second-order valence-corrected chi connectivity index (χ2v) is 12.7. The second kappa shape index (κ2) is 14.0. The lowest BCUT2D eigenvalue weighted by Gasteiger charge is -2.27. The molecule has 4 rings (SSSR count). The number of anilines is 1. The maximum Gasteiger partial charge on any atom is 0.217 e. The molecule has 0 atom stereocenters. The van der Waals surface area contributed by atoms with Gasteiger partial charge in [-0.05, 0) is 57.7 Å². The van der Waals surface area contributed by atoms with Crippen LogP contribution in [0.2, 0.25) is 0 Å². The third-order valence-corrected chi connectivity index (χ3v) is 8.83. The highest BCUT2D eigenvalue weighted by molar-refractivity contribution is 6.03. The van der Waals surface area contributed by atoms with Crippen LogP contribution in [0.25, 0.3) is 0 Å². The molecule has 5 nitrogen and oxygen atoms in total. The summed E-state index contributed by atoms with van der Waals surface area (Å²) in [4.78, 5) is 24.5. The van der Waals surface area contributed by atoms with E-state index < -0.39 is 0 Å². The lowest BCUT2D eigenvalue weighted by molar-refractivity contribution is -0.438. The molecule has 0 radical (unpaired) electrons. The molecule has 0 aliphatic carbocycles. The minimum absolute atomic E-state index is 0.0935. The number of fused-ring (bicyclic) bond motifs is 2. The van der Waals surface area contributed by atoms with Crippen molar-refractivity contribution in [2.45, 2.75) is 84.0 Å². The number of carbonyl (C=O) groups is 2. The molecule has 2 aliphatic rings. The molecule has 0 spiro atoms. The summed E-state index contributed by atoms with van der Waals surface area (Å²) < 4.78 is 2.43. The Hall–Kier alpha value is -3.99. The van der Waals surface area contributed by atoms with Gasteiger partial charge in [0.1, 0.15) is 12.8 Å². The number of hydrogen-bond donors (Lipinski definition) is 1. The topological polar surface area (TPSA) is 66.4 Å². The first-order valence-corrected chi connectivity index (χ1v) is 15.7. The van der Waals surface area contributed by atoms with E-state index in [9.17, 15) is 9.59 Å². The summed E-state index contributed by atoms with van der Waals surface area (Å²) in [6.07, 6.45) is 18.8. The van der Waals surface area contributed by atoms with Crippen LogP contribution in [0.4, 0.5) is 11.4 Å².